The number of hydrogen-bond acceptors (Lipinski definition) is 2. The third-order valence-corrected chi connectivity index (χ3v) is 2.97. The molecule has 1 aromatic rings. The molecule has 124 valence electrons. The summed E-state index contributed by atoms with van der Waals surface area (Å²) < 4.78 is 83.2. The molecule has 0 bridgehead atoms. The summed E-state index contributed by atoms with van der Waals surface area (Å²) in [6.45, 7) is 2.71. The van der Waals surface area contributed by atoms with Gasteiger partial charge in [-0.25, -0.2) is 0 Å². The first kappa shape index (κ1) is 18.3. The van der Waals surface area contributed by atoms with Crippen LogP contribution in [0, 0.1) is 0 Å². The zero-order valence-electron chi connectivity index (χ0n) is 11.9. The second-order valence-corrected chi connectivity index (χ2v) is 4.46. The first-order valence-electron chi connectivity index (χ1n) is 6.47. The highest BCUT2D eigenvalue weighted by Crippen LogP contribution is 2.44. The SMILES string of the molecule is CCOC(=O)Cc1ccc(CC)c(C(F)(F)F)c1C(F)(F)F. The number of halogens is 6. The Kier molecular flexibility index (Phi) is 5.48. The van der Waals surface area contributed by atoms with E-state index in [0.29, 0.717) is 0 Å². The maximum atomic E-state index is 13.1. The van der Waals surface area contributed by atoms with E-state index in [0.717, 1.165) is 12.1 Å². The van der Waals surface area contributed by atoms with E-state index in [9.17, 15) is 31.1 Å². The Balaban J connectivity index is 3.56. The molecular formula is C14H14F6O2. The lowest BCUT2D eigenvalue weighted by Gasteiger charge is -2.21. The highest BCUT2D eigenvalue weighted by Gasteiger charge is 2.46. The molecule has 2 nitrogen and oxygen atoms in total. The van der Waals surface area contributed by atoms with Crippen LogP contribution in [0.15, 0.2) is 12.1 Å². The second-order valence-electron chi connectivity index (χ2n) is 4.46. The summed E-state index contributed by atoms with van der Waals surface area (Å²) in [7, 11) is 0. The summed E-state index contributed by atoms with van der Waals surface area (Å²) in [6.07, 6.45) is -11.5. The smallest absolute Gasteiger partial charge is 0.417 e. The van der Waals surface area contributed by atoms with Crippen molar-refractivity contribution in [3.8, 4) is 0 Å². The minimum atomic E-state index is -5.22. The molecule has 22 heavy (non-hydrogen) atoms. The second kappa shape index (κ2) is 6.58. The maximum absolute atomic E-state index is 13.1. The Hall–Kier alpha value is -1.73. The number of hydrogen-bond donors (Lipinski definition) is 0. The number of alkyl halides is 6. The van der Waals surface area contributed by atoms with E-state index in [1.165, 1.54) is 13.8 Å². The van der Waals surface area contributed by atoms with Crippen LogP contribution in [0.1, 0.15) is 36.1 Å². The van der Waals surface area contributed by atoms with Gasteiger partial charge in [-0.2, -0.15) is 26.3 Å². The molecule has 1 rings (SSSR count). The average molecular weight is 328 g/mol. The van der Waals surface area contributed by atoms with Crippen LogP contribution in [0.5, 0.6) is 0 Å². The van der Waals surface area contributed by atoms with Gasteiger partial charge in [-0.3, -0.25) is 4.79 Å². The van der Waals surface area contributed by atoms with Crippen molar-refractivity contribution in [1.29, 1.82) is 0 Å². The molecule has 0 aliphatic carbocycles. The topological polar surface area (TPSA) is 26.3 Å². The fourth-order valence-electron chi connectivity index (χ4n) is 2.15. The molecule has 0 aliphatic heterocycles. The lowest BCUT2D eigenvalue weighted by atomic mass is 9.92. The lowest BCUT2D eigenvalue weighted by Crippen LogP contribution is -2.22. The fraction of sp³-hybridized carbons (Fsp3) is 0.500. The van der Waals surface area contributed by atoms with Crippen molar-refractivity contribution in [3.63, 3.8) is 0 Å². The molecule has 0 unspecified atom stereocenters. The number of benzene rings is 1. The van der Waals surface area contributed by atoms with Gasteiger partial charge in [-0.05, 0) is 24.5 Å². The summed E-state index contributed by atoms with van der Waals surface area (Å²) >= 11 is 0. The number of ether oxygens (including phenoxy) is 1. The number of esters is 1. The molecule has 0 amide bonds. The van der Waals surface area contributed by atoms with Gasteiger partial charge in [-0.15, -0.1) is 0 Å². The monoisotopic (exact) mass is 328 g/mol. The van der Waals surface area contributed by atoms with Gasteiger partial charge < -0.3 is 4.74 Å². The Labute approximate surface area is 123 Å². The lowest BCUT2D eigenvalue weighted by molar-refractivity contribution is -0.163. The predicted octanol–water partition coefficient (Wildman–Crippen LogP) is 4.39. The normalized spacial score (nSPS) is 12.4. The summed E-state index contributed by atoms with van der Waals surface area (Å²) in [5, 5.41) is 0. The molecule has 0 saturated heterocycles. The van der Waals surface area contributed by atoms with Crippen LogP contribution in [-0.2, 0) is 34.7 Å². The summed E-state index contributed by atoms with van der Waals surface area (Å²) in [6, 6.07) is 1.86. The van der Waals surface area contributed by atoms with Gasteiger partial charge in [0.2, 0.25) is 0 Å². The van der Waals surface area contributed by atoms with Crippen molar-refractivity contribution in [2.24, 2.45) is 0 Å². The molecule has 0 atom stereocenters. The molecule has 0 aromatic heterocycles. The quantitative estimate of drug-likeness (QED) is 0.605. The fourth-order valence-corrected chi connectivity index (χ4v) is 2.15. The summed E-state index contributed by atoms with van der Waals surface area (Å²) in [5.74, 6) is -1.01. The Morgan fingerprint density at radius 2 is 1.41 bits per heavy atom. The molecule has 0 heterocycles. The van der Waals surface area contributed by atoms with Gasteiger partial charge in [-0.1, -0.05) is 19.1 Å². The van der Waals surface area contributed by atoms with E-state index >= 15 is 0 Å². The van der Waals surface area contributed by atoms with Gasteiger partial charge >= 0.3 is 18.3 Å². The predicted molar refractivity (Wildman–Crippen MR) is 66.2 cm³/mol. The minimum absolute atomic E-state index is 0.0701. The molecule has 1 aromatic carbocycles. The number of rotatable bonds is 4. The van der Waals surface area contributed by atoms with Gasteiger partial charge in [0.1, 0.15) is 0 Å². The molecular weight excluding hydrogens is 314 g/mol. The van der Waals surface area contributed by atoms with E-state index in [-0.39, 0.29) is 13.0 Å². The van der Waals surface area contributed by atoms with Crippen LogP contribution in [0.25, 0.3) is 0 Å². The van der Waals surface area contributed by atoms with Crippen molar-refractivity contribution < 1.29 is 35.9 Å². The average Bonchev–Trinajstić information content (AvgIpc) is 2.36. The van der Waals surface area contributed by atoms with E-state index in [1.807, 2.05) is 0 Å². The van der Waals surface area contributed by atoms with E-state index in [2.05, 4.69) is 4.74 Å². The van der Waals surface area contributed by atoms with E-state index in [1.54, 1.807) is 0 Å². The van der Waals surface area contributed by atoms with Crippen LogP contribution < -0.4 is 0 Å². The summed E-state index contributed by atoms with van der Waals surface area (Å²) in [4.78, 5) is 11.3. The third kappa shape index (κ3) is 4.14. The van der Waals surface area contributed by atoms with E-state index < -0.39 is 47.0 Å². The standard InChI is InChI=1S/C14H14F6O2/c1-3-8-5-6-9(7-10(21)22-4-2)12(14(18,19)20)11(8)13(15,16)17/h5-6H,3-4,7H2,1-2H3. The Bertz CT molecular complexity index is 545. The van der Waals surface area contributed by atoms with Crippen LogP contribution in [0.4, 0.5) is 26.3 Å². The molecule has 8 heteroatoms. The molecule has 0 saturated carbocycles. The molecule has 0 radical (unpaired) electrons. The minimum Gasteiger partial charge on any atom is -0.466 e. The van der Waals surface area contributed by atoms with Crippen molar-refractivity contribution >= 4 is 5.97 Å². The number of aryl methyl sites for hydroxylation is 1. The van der Waals surface area contributed by atoms with Crippen LogP contribution in [-0.4, -0.2) is 12.6 Å². The molecule has 0 aliphatic rings. The first-order valence-corrected chi connectivity index (χ1v) is 6.47. The highest BCUT2D eigenvalue weighted by atomic mass is 19.4. The molecule has 0 spiro atoms. The van der Waals surface area contributed by atoms with Crippen LogP contribution >= 0.6 is 0 Å². The Morgan fingerprint density at radius 1 is 0.955 bits per heavy atom. The molecule has 0 fully saturated rings. The van der Waals surface area contributed by atoms with Gasteiger partial charge in [0, 0.05) is 0 Å². The van der Waals surface area contributed by atoms with Crippen molar-refractivity contribution in [1.82, 2.24) is 0 Å². The third-order valence-electron chi connectivity index (χ3n) is 2.97. The van der Waals surface area contributed by atoms with Gasteiger partial charge in [0.05, 0.1) is 24.2 Å². The number of carbonyl (C=O) groups excluding carboxylic acids is 1. The van der Waals surface area contributed by atoms with Gasteiger partial charge in [0.15, 0.2) is 0 Å². The van der Waals surface area contributed by atoms with Crippen LogP contribution in [0.3, 0.4) is 0 Å². The highest BCUT2D eigenvalue weighted by molar-refractivity contribution is 5.73. The van der Waals surface area contributed by atoms with Crippen LogP contribution in [0.2, 0.25) is 0 Å². The first-order chi connectivity index (χ1) is 10.0. The van der Waals surface area contributed by atoms with Crippen molar-refractivity contribution in [2.75, 3.05) is 6.61 Å². The molecule has 0 N–H and O–H groups in total. The maximum Gasteiger partial charge on any atom is 0.417 e. The zero-order valence-corrected chi connectivity index (χ0v) is 11.9. The van der Waals surface area contributed by atoms with Gasteiger partial charge in [0.25, 0.3) is 0 Å². The number of carbonyl (C=O) groups is 1. The van der Waals surface area contributed by atoms with E-state index in [4.69, 9.17) is 0 Å². The Morgan fingerprint density at radius 3 is 1.82 bits per heavy atom. The largest absolute Gasteiger partial charge is 0.466 e. The zero-order chi connectivity index (χ0) is 17.1. The summed E-state index contributed by atoms with van der Waals surface area (Å²) in [5.41, 5.74) is -4.75. The van der Waals surface area contributed by atoms with Crippen molar-refractivity contribution in [3.05, 3.63) is 34.4 Å². The van der Waals surface area contributed by atoms with Crippen molar-refractivity contribution in [2.45, 2.75) is 39.0 Å².